The van der Waals surface area contributed by atoms with Crippen LogP contribution in [0.15, 0.2) is 186 Å². The highest BCUT2D eigenvalue weighted by Crippen LogP contribution is 2.43. The van der Waals surface area contributed by atoms with Crippen molar-refractivity contribution in [2.45, 2.75) is 12.8 Å². The lowest BCUT2D eigenvalue weighted by Gasteiger charge is -2.17. The molecule has 0 bridgehead atoms. The van der Waals surface area contributed by atoms with Crippen LogP contribution in [0.5, 0.6) is 0 Å². The van der Waals surface area contributed by atoms with E-state index in [1.807, 2.05) is 0 Å². The number of aryl methyl sites for hydroxylation is 1. The number of aromatic nitrogens is 2. The average molecular weight is 727 g/mol. The Labute approximate surface area is 327 Å². The summed E-state index contributed by atoms with van der Waals surface area (Å²) in [5, 5.41) is 13.8. The molecule has 0 unspecified atom stereocenters. The molecule has 3 nitrogen and oxygen atoms in total. The second kappa shape index (κ2) is 11.6. The van der Waals surface area contributed by atoms with Crippen LogP contribution >= 0.6 is 0 Å². The van der Waals surface area contributed by atoms with Crippen LogP contribution in [0, 0.1) is 0 Å². The van der Waals surface area contributed by atoms with Crippen LogP contribution in [-0.2, 0) is 6.42 Å². The van der Waals surface area contributed by atoms with E-state index >= 15 is 0 Å². The van der Waals surface area contributed by atoms with Gasteiger partial charge in [-0.05, 0) is 111 Å². The molecule has 0 spiro atoms. The van der Waals surface area contributed by atoms with Crippen molar-refractivity contribution in [1.29, 1.82) is 0 Å². The highest BCUT2D eigenvalue weighted by Gasteiger charge is 2.23. The predicted molar refractivity (Wildman–Crippen MR) is 239 cm³/mol. The highest BCUT2D eigenvalue weighted by atomic mass is 16.3. The normalized spacial score (nSPS) is 13.2. The number of allylic oxidation sites excluding steroid dienone is 1. The van der Waals surface area contributed by atoms with E-state index in [0.29, 0.717) is 0 Å². The Hall–Kier alpha value is -7.36. The van der Waals surface area contributed by atoms with Crippen LogP contribution in [0.1, 0.15) is 23.3 Å². The number of furan rings is 1. The van der Waals surface area contributed by atoms with E-state index in [4.69, 9.17) is 4.42 Å². The van der Waals surface area contributed by atoms with E-state index in [2.05, 4.69) is 191 Å². The van der Waals surface area contributed by atoms with Gasteiger partial charge < -0.3 is 13.6 Å². The molecule has 3 aromatic heterocycles. The Balaban J connectivity index is 1.00. The van der Waals surface area contributed by atoms with Crippen molar-refractivity contribution in [3.05, 3.63) is 199 Å². The lowest BCUT2D eigenvalue weighted by Crippen LogP contribution is -1.98. The van der Waals surface area contributed by atoms with Crippen LogP contribution in [0.3, 0.4) is 0 Å². The van der Waals surface area contributed by atoms with Crippen molar-refractivity contribution in [3.8, 4) is 11.4 Å². The first-order valence-corrected chi connectivity index (χ1v) is 19.9. The molecule has 0 saturated carbocycles. The molecule has 266 valence electrons. The minimum absolute atomic E-state index is 0.968. The SMILES string of the molecule is C1=C(c2ccc3c4ccc(-n5c6ccccc6c6cc(-n7c8ccccc8c8ccccc87)ccc65)cc4c4ccccc4c3c2)c2oc3ccccc3c2CC1. The molecule has 0 radical (unpaired) electrons. The first-order chi connectivity index (χ1) is 28.3. The monoisotopic (exact) mass is 726 g/mol. The van der Waals surface area contributed by atoms with Crippen LogP contribution in [0.4, 0.5) is 0 Å². The topological polar surface area (TPSA) is 23.0 Å². The van der Waals surface area contributed by atoms with Crippen molar-refractivity contribution >= 4 is 92.5 Å². The van der Waals surface area contributed by atoms with Gasteiger partial charge in [0.2, 0.25) is 0 Å². The third-order valence-electron chi connectivity index (χ3n) is 12.6. The number of benzene rings is 9. The molecule has 0 atom stereocenters. The van der Waals surface area contributed by atoms with Gasteiger partial charge in [0.1, 0.15) is 11.3 Å². The molecule has 13 rings (SSSR count). The highest BCUT2D eigenvalue weighted by molar-refractivity contribution is 6.26. The molecular weight excluding hydrogens is 693 g/mol. The Morgan fingerprint density at radius 3 is 1.51 bits per heavy atom. The summed E-state index contributed by atoms with van der Waals surface area (Å²) < 4.78 is 11.4. The molecule has 0 N–H and O–H groups in total. The second-order valence-electron chi connectivity index (χ2n) is 15.5. The third-order valence-corrected chi connectivity index (χ3v) is 12.6. The molecule has 1 aliphatic rings. The molecule has 3 heteroatoms. The Bertz CT molecular complexity index is 3630. The second-order valence-corrected chi connectivity index (χ2v) is 15.5. The summed E-state index contributed by atoms with van der Waals surface area (Å²) in [6, 6.07) is 64.7. The van der Waals surface area contributed by atoms with Crippen LogP contribution in [0.25, 0.3) is 104 Å². The molecule has 1 aliphatic carbocycles. The fourth-order valence-electron chi connectivity index (χ4n) is 10.1. The average Bonchev–Trinajstić information content (AvgIpc) is 3.94. The summed E-state index contributed by atoms with van der Waals surface area (Å²) >= 11 is 0. The number of para-hydroxylation sites is 4. The number of hydrogen-bond donors (Lipinski definition) is 0. The third kappa shape index (κ3) is 4.31. The van der Waals surface area contributed by atoms with Gasteiger partial charge >= 0.3 is 0 Å². The van der Waals surface area contributed by atoms with E-state index in [1.54, 1.807) is 0 Å². The van der Waals surface area contributed by atoms with Crippen molar-refractivity contribution in [2.24, 2.45) is 0 Å². The maximum atomic E-state index is 6.52. The minimum Gasteiger partial charge on any atom is -0.456 e. The fourth-order valence-corrected chi connectivity index (χ4v) is 10.1. The van der Waals surface area contributed by atoms with Gasteiger partial charge in [-0.2, -0.15) is 0 Å². The van der Waals surface area contributed by atoms with Crippen molar-refractivity contribution in [2.75, 3.05) is 0 Å². The lowest BCUT2D eigenvalue weighted by molar-refractivity contribution is 0.591. The standard InChI is InChI=1S/C54H34N2O/c1-2-13-38-37(12-1)46-30-33(36-18-11-19-45-44-17-6-10-23-53(44)57-54(36)45)24-27-39(46)40-28-25-34(31-47(38)40)56-51-22-9-5-16-43(51)48-32-35(26-29-52(48)56)55-49-20-7-3-14-41(49)42-15-4-8-21-50(42)55/h1-10,12-18,20-32H,11,19H2. The first-order valence-electron chi connectivity index (χ1n) is 19.9. The van der Waals surface area contributed by atoms with Gasteiger partial charge in [-0.3, -0.25) is 0 Å². The molecule has 0 aliphatic heterocycles. The van der Waals surface area contributed by atoms with Gasteiger partial charge in [-0.25, -0.2) is 0 Å². The zero-order valence-electron chi connectivity index (χ0n) is 31.0. The van der Waals surface area contributed by atoms with E-state index in [1.165, 1.54) is 104 Å². The van der Waals surface area contributed by atoms with Crippen molar-refractivity contribution in [1.82, 2.24) is 9.13 Å². The number of rotatable bonds is 3. The van der Waals surface area contributed by atoms with Gasteiger partial charge in [0.25, 0.3) is 0 Å². The molecule has 0 amide bonds. The first kappa shape index (κ1) is 30.9. The smallest absolute Gasteiger partial charge is 0.138 e. The maximum absolute atomic E-state index is 6.52. The Morgan fingerprint density at radius 1 is 0.368 bits per heavy atom. The van der Waals surface area contributed by atoms with E-state index in [9.17, 15) is 0 Å². The van der Waals surface area contributed by atoms with Gasteiger partial charge in [0, 0.05) is 49.4 Å². The van der Waals surface area contributed by atoms with Crippen LogP contribution < -0.4 is 0 Å². The van der Waals surface area contributed by atoms with Gasteiger partial charge in [-0.1, -0.05) is 121 Å². The minimum atomic E-state index is 0.968. The molecular formula is C54H34N2O. The summed E-state index contributed by atoms with van der Waals surface area (Å²) in [4.78, 5) is 0. The zero-order chi connectivity index (χ0) is 37.2. The summed E-state index contributed by atoms with van der Waals surface area (Å²) in [5.74, 6) is 1.02. The molecule has 9 aromatic carbocycles. The van der Waals surface area contributed by atoms with Gasteiger partial charge in [-0.15, -0.1) is 0 Å². The largest absolute Gasteiger partial charge is 0.456 e. The Kier molecular flexibility index (Phi) is 6.28. The summed E-state index contributed by atoms with van der Waals surface area (Å²) in [7, 11) is 0. The summed E-state index contributed by atoms with van der Waals surface area (Å²) in [6.45, 7) is 0. The number of fused-ring (bicyclic) bond motifs is 15. The van der Waals surface area contributed by atoms with E-state index < -0.39 is 0 Å². The summed E-state index contributed by atoms with van der Waals surface area (Å²) in [5.41, 5.74) is 11.8. The number of hydrogen-bond acceptors (Lipinski definition) is 1. The number of nitrogens with zero attached hydrogens (tertiary/aromatic N) is 2. The summed E-state index contributed by atoms with van der Waals surface area (Å²) in [6.07, 6.45) is 4.38. The molecule has 57 heavy (non-hydrogen) atoms. The Morgan fingerprint density at radius 2 is 0.842 bits per heavy atom. The van der Waals surface area contributed by atoms with Crippen molar-refractivity contribution < 1.29 is 4.42 Å². The van der Waals surface area contributed by atoms with Gasteiger partial charge in [0.15, 0.2) is 0 Å². The molecule has 3 heterocycles. The van der Waals surface area contributed by atoms with Crippen molar-refractivity contribution in [3.63, 3.8) is 0 Å². The zero-order valence-corrected chi connectivity index (χ0v) is 31.0. The lowest BCUT2D eigenvalue weighted by atomic mass is 9.88. The quantitative estimate of drug-likeness (QED) is 0.166. The van der Waals surface area contributed by atoms with Crippen LogP contribution in [0.2, 0.25) is 0 Å². The van der Waals surface area contributed by atoms with E-state index in [0.717, 1.165) is 29.9 Å². The van der Waals surface area contributed by atoms with Crippen LogP contribution in [-0.4, -0.2) is 9.13 Å². The fraction of sp³-hybridized carbons (Fsp3) is 0.0370. The molecule has 12 aromatic rings. The predicted octanol–water partition coefficient (Wildman–Crippen LogP) is 14.5. The van der Waals surface area contributed by atoms with E-state index in [-0.39, 0.29) is 0 Å². The molecule has 0 saturated heterocycles. The van der Waals surface area contributed by atoms with Gasteiger partial charge in [0.05, 0.1) is 22.1 Å². The molecule has 0 fully saturated rings. The maximum Gasteiger partial charge on any atom is 0.138 e.